The number of carbonyl (C=O) groups is 1. The van der Waals surface area contributed by atoms with E-state index in [0.717, 1.165) is 5.01 Å². The summed E-state index contributed by atoms with van der Waals surface area (Å²) in [4.78, 5) is 12.1. The lowest BCUT2D eigenvalue weighted by atomic mass is 10.3. The number of allylic oxidation sites excluding steroid dienone is 1. The maximum Gasteiger partial charge on any atom is 0.236 e. The maximum absolute atomic E-state index is 12.1. The van der Waals surface area contributed by atoms with Crippen LogP contribution in [0.4, 0.5) is 5.13 Å². The number of hydrogen-bond donors (Lipinski definition) is 1. The number of aryl methyl sites for hydroxylation is 1. The molecule has 0 bridgehead atoms. The highest BCUT2D eigenvalue weighted by Gasteiger charge is 2.15. The number of thioether (sulfide) groups is 1. The summed E-state index contributed by atoms with van der Waals surface area (Å²) in [5.41, 5.74) is 0. The number of hydrogen-bond acceptors (Lipinski definition) is 8. The molecule has 3 aromatic rings. The van der Waals surface area contributed by atoms with Crippen molar-refractivity contribution in [2.75, 3.05) is 11.1 Å². The molecule has 0 aliphatic carbocycles. The first-order valence-electron chi connectivity index (χ1n) is 8.19. The van der Waals surface area contributed by atoms with Gasteiger partial charge in [0.05, 0.1) is 5.75 Å². The number of carbonyl (C=O) groups excluding carboxylic acids is 1. The van der Waals surface area contributed by atoms with Gasteiger partial charge < -0.3 is 4.74 Å². The molecule has 0 spiro atoms. The molecule has 11 heteroatoms. The molecular formula is C17H17ClN6O2S2. The molecule has 0 unspecified atom stereocenters. The van der Waals surface area contributed by atoms with Crippen molar-refractivity contribution in [2.45, 2.75) is 25.2 Å². The van der Waals surface area contributed by atoms with Crippen LogP contribution in [0.3, 0.4) is 0 Å². The van der Waals surface area contributed by atoms with E-state index >= 15 is 0 Å². The molecule has 0 aliphatic rings. The van der Waals surface area contributed by atoms with Gasteiger partial charge in [0.15, 0.2) is 11.0 Å². The SMILES string of the molecule is C=CCn1c(COc2ccc(Cl)cc2)nnc1SCC(=O)Nc1nnc(C)s1. The summed E-state index contributed by atoms with van der Waals surface area (Å²) < 4.78 is 7.59. The van der Waals surface area contributed by atoms with Crippen molar-refractivity contribution in [3.8, 4) is 5.75 Å². The van der Waals surface area contributed by atoms with Gasteiger partial charge in [-0.2, -0.15) is 0 Å². The number of anilines is 1. The summed E-state index contributed by atoms with van der Waals surface area (Å²) in [5, 5.41) is 21.3. The zero-order valence-corrected chi connectivity index (χ0v) is 17.4. The molecule has 3 rings (SSSR count). The van der Waals surface area contributed by atoms with Gasteiger partial charge in [0.1, 0.15) is 17.4 Å². The first-order valence-corrected chi connectivity index (χ1v) is 10.4. The molecule has 146 valence electrons. The molecule has 2 aromatic heterocycles. The lowest BCUT2D eigenvalue weighted by Crippen LogP contribution is -2.15. The molecule has 8 nitrogen and oxygen atoms in total. The fourth-order valence-electron chi connectivity index (χ4n) is 2.16. The molecule has 1 aromatic carbocycles. The Balaban J connectivity index is 1.60. The molecule has 0 saturated heterocycles. The fraction of sp³-hybridized carbons (Fsp3) is 0.235. The number of ether oxygens (including phenoxy) is 1. The predicted molar refractivity (Wildman–Crippen MR) is 110 cm³/mol. The third-order valence-corrected chi connectivity index (χ3v) is 5.36. The van der Waals surface area contributed by atoms with Gasteiger partial charge >= 0.3 is 0 Å². The zero-order valence-electron chi connectivity index (χ0n) is 15.0. The Morgan fingerprint density at radius 3 is 2.79 bits per heavy atom. The van der Waals surface area contributed by atoms with E-state index in [4.69, 9.17) is 16.3 Å². The Morgan fingerprint density at radius 2 is 2.11 bits per heavy atom. The minimum absolute atomic E-state index is 0.173. The molecule has 1 N–H and O–H groups in total. The first-order chi connectivity index (χ1) is 13.5. The number of nitrogens with one attached hydrogen (secondary N) is 1. The molecular weight excluding hydrogens is 420 g/mol. The number of aromatic nitrogens is 5. The van der Waals surface area contributed by atoms with Crippen LogP contribution in [0.2, 0.25) is 5.02 Å². The summed E-state index contributed by atoms with van der Waals surface area (Å²) >= 11 is 8.48. The van der Waals surface area contributed by atoms with Crippen molar-refractivity contribution in [1.29, 1.82) is 0 Å². The van der Waals surface area contributed by atoms with Gasteiger partial charge in [-0.15, -0.1) is 27.0 Å². The highest BCUT2D eigenvalue weighted by molar-refractivity contribution is 7.99. The average Bonchev–Trinajstić information content (AvgIpc) is 3.26. The van der Waals surface area contributed by atoms with E-state index in [2.05, 4.69) is 32.3 Å². The smallest absolute Gasteiger partial charge is 0.236 e. The van der Waals surface area contributed by atoms with Crippen molar-refractivity contribution >= 4 is 45.7 Å². The lowest BCUT2D eigenvalue weighted by Gasteiger charge is -2.09. The van der Waals surface area contributed by atoms with Crippen LogP contribution in [0.25, 0.3) is 0 Å². The Morgan fingerprint density at radius 1 is 1.32 bits per heavy atom. The topological polar surface area (TPSA) is 94.8 Å². The van der Waals surface area contributed by atoms with Gasteiger partial charge in [0.25, 0.3) is 0 Å². The van der Waals surface area contributed by atoms with Crippen molar-refractivity contribution in [3.63, 3.8) is 0 Å². The van der Waals surface area contributed by atoms with Crippen LogP contribution in [0.1, 0.15) is 10.8 Å². The number of rotatable bonds is 9. The minimum Gasteiger partial charge on any atom is -0.486 e. The van der Waals surface area contributed by atoms with E-state index < -0.39 is 0 Å². The second-order valence-electron chi connectivity index (χ2n) is 5.50. The predicted octanol–water partition coefficient (Wildman–Crippen LogP) is 3.59. The third-order valence-electron chi connectivity index (χ3n) is 3.39. The number of halogens is 1. The van der Waals surface area contributed by atoms with E-state index in [1.807, 2.05) is 11.5 Å². The first kappa shape index (κ1) is 20.3. The summed E-state index contributed by atoms with van der Waals surface area (Å²) in [6.45, 7) is 6.33. The number of nitrogens with zero attached hydrogens (tertiary/aromatic N) is 5. The monoisotopic (exact) mass is 436 g/mol. The summed E-state index contributed by atoms with van der Waals surface area (Å²) in [7, 11) is 0. The summed E-state index contributed by atoms with van der Waals surface area (Å²) in [6, 6.07) is 7.08. The molecule has 2 heterocycles. The third kappa shape index (κ3) is 5.54. The molecule has 0 saturated carbocycles. The Labute approximate surface area is 175 Å². The molecule has 0 aliphatic heterocycles. The molecule has 0 radical (unpaired) electrons. The highest BCUT2D eigenvalue weighted by atomic mass is 35.5. The number of amides is 1. The standard InChI is InChI=1S/C17H17ClN6O2S2/c1-3-8-24-14(9-26-13-6-4-12(18)5-7-13)21-23-17(24)27-10-15(25)19-16-22-20-11(2)28-16/h3-7H,1,8-10H2,2H3,(H,19,22,25). The molecule has 1 amide bonds. The lowest BCUT2D eigenvalue weighted by molar-refractivity contribution is -0.113. The minimum atomic E-state index is -0.187. The van der Waals surface area contributed by atoms with E-state index in [-0.39, 0.29) is 18.3 Å². The quantitative estimate of drug-likeness (QED) is 0.404. The fourth-order valence-corrected chi connectivity index (χ4v) is 3.66. The van der Waals surface area contributed by atoms with Crippen LogP contribution in [0, 0.1) is 6.92 Å². The van der Waals surface area contributed by atoms with E-state index in [1.165, 1.54) is 23.1 Å². The zero-order chi connectivity index (χ0) is 19.9. The maximum atomic E-state index is 12.1. The van der Waals surface area contributed by atoms with E-state index in [9.17, 15) is 4.79 Å². The molecule has 0 fully saturated rings. The second kappa shape index (κ2) is 9.67. The average molecular weight is 437 g/mol. The van der Waals surface area contributed by atoms with Crippen molar-refractivity contribution in [3.05, 3.63) is 52.8 Å². The highest BCUT2D eigenvalue weighted by Crippen LogP contribution is 2.21. The van der Waals surface area contributed by atoms with Gasteiger partial charge in [-0.3, -0.25) is 14.7 Å². The van der Waals surface area contributed by atoms with Crippen LogP contribution in [-0.2, 0) is 17.9 Å². The van der Waals surface area contributed by atoms with Crippen molar-refractivity contribution in [1.82, 2.24) is 25.0 Å². The van der Waals surface area contributed by atoms with E-state index in [0.29, 0.717) is 33.4 Å². The van der Waals surface area contributed by atoms with Gasteiger partial charge in [-0.1, -0.05) is 40.8 Å². The number of benzene rings is 1. The van der Waals surface area contributed by atoms with Crippen LogP contribution >= 0.6 is 34.7 Å². The normalized spacial score (nSPS) is 10.6. The van der Waals surface area contributed by atoms with Crippen LogP contribution in [-0.4, -0.2) is 36.6 Å². The van der Waals surface area contributed by atoms with Gasteiger partial charge in [0, 0.05) is 11.6 Å². The van der Waals surface area contributed by atoms with Gasteiger partial charge in [0.2, 0.25) is 11.0 Å². The summed E-state index contributed by atoms with van der Waals surface area (Å²) in [6.07, 6.45) is 1.74. The van der Waals surface area contributed by atoms with Crippen LogP contribution in [0.5, 0.6) is 5.75 Å². The van der Waals surface area contributed by atoms with Gasteiger partial charge in [-0.25, -0.2) is 0 Å². The Bertz CT molecular complexity index is 957. The van der Waals surface area contributed by atoms with Gasteiger partial charge in [-0.05, 0) is 31.2 Å². The summed E-state index contributed by atoms with van der Waals surface area (Å²) in [5.74, 6) is 1.30. The van der Waals surface area contributed by atoms with Crippen molar-refractivity contribution < 1.29 is 9.53 Å². The molecule has 0 atom stereocenters. The van der Waals surface area contributed by atoms with Crippen molar-refractivity contribution in [2.24, 2.45) is 0 Å². The second-order valence-corrected chi connectivity index (χ2v) is 8.06. The molecule has 28 heavy (non-hydrogen) atoms. The van der Waals surface area contributed by atoms with Crippen LogP contribution < -0.4 is 10.1 Å². The van der Waals surface area contributed by atoms with E-state index in [1.54, 1.807) is 30.3 Å². The van der Waals surface area contributed by atoms with Crippen LogP contribution in [0.15, 0.2) is 42.1 Å². The largest absolute Gasteiger partial charge is 0.486 e. The Kier molecular flexibility index (Phi) is 7.01. The Hall–Kier alpha value is -2.43.